The lowest BCUT2D eigenvalue weighted by Gasteiger charge is -2.25. The van der Waals surface area contributed by atoms with Crippen molar-refractivity contribution in [3.8, 4) is 11.5 Å². The van der Waals surface area contributed by atoms with Crippen molar-refractivity contribution in [2.75, 3.05) is 26.8 Å². The van der Waals surface area contributed by atoms with Crippen molar-refractivity contribution in [3.63, 3.8) is 0 Å². The van der Waals surface area contributed by atoms with Crippen molar-refractivity contribution < 1.29 is 37.9 Å². The van der Waals surface area contributed by atoms with Crippen molar-refractivity contribution in [3.05, 3.63) is 81.8 Å². The van der Waals surface area contributed by atoms with Gasteiger partial charge in [0.2, 0.25) is 11.8 Å². The Morgan fingerprint density at radius 1 is 1.07 bits per heavy atom. The minimum absolute atomic E-state index is 0.0597. The Labute approximate surface area is 263 Å². The van der Waals surface area contributed by atoms with Gasteiger partial charge < -0.3 is 29.8 Å². The van der Waals surface area contributed by atoms with E-state index >= 15 is 0 Å². The summed E-state index contributed by atoms with van der Waals surface area (Å²) in [4.78, 5) is 57.3. The number of methoxy groups -OCH3 is 1. The van der Waals surface area contributed by atoms with Crippen LogP contribution in [0.5, 0.6) is 11.5 Å². The first kappa shape index (κ1) is 33.1. The van der Waals surface area contributed by atoms with Crippen LogP contribution < -0.4 is 20.9 Å². The van der Waals surface area contributed by atoms with Gasteiger partial charge in [0.15, 0.2) is 5.84 Å². The Morgan fingerprint density at radius 2 is 1.73 bits per heavy atom. The molecular formula is C31H34FN5O7S. The summed E-state index contributed by atoms with van der Waals surface area (Å²) < 4.78 is 24.0. The molecular weight excluding hydrogens is 605 g/mol. The number of hydrogen-bond donors (Lipinski definition) is 4. The van der Waals surface area contributed by atoms with E-state index in [0.717, 1.165) is 4.88 Å². The molecule has 2 aromatic carbocycles. The van der Waals surface area contributed by atoms with E-state index in [1.165, 1.54) is 47.4 Å². The number of hydroxylamine groups is 1. The number of carbonyl (C=O) groups excluding carboxylic acids is 4. The number of benzene rings is 2. The van der Waals surface area contributed by atoms with E-state index in [4.69, 9.17) is 14.9 Å². The predicted octanol–water partition coefficient (Wildman–Crippen LogP) is 3.54. The summed E-state index contributed by atoms with van der Waals surface area (Å²) in [6.07, 6.45) is 0.397. The zero-order chi connectivity index (χ0) is 32.5. The molecule has 0 spiro atoms. The molecule has 3 aromatic rings. The van der Waals surface area contributed by atoms with Gasteiger partial charge in [-0.3, -0.25) is 24.6 Å². The predicted molar refractivity (Wildman–Crippen MR) is 163 cm³/mol. The largest absolute Gasteiger partial charge is 0.457 e. The van der Waals surface area contributed by atoms with Crippen LogP contribution >= 0.6 is 11.3 Å². The number of nitrogens with one attached hydrogen (secondary N) is 4. The van der Waals surface area contributed by atoms with Crippen LogP contribution in [0.2, 0.25) is 0 Å². The number of carbonyl (C=O) groups is 4. The first-order chi connectivity index (χ1) is 21.5. The minimum Gasteiger partial charge on any atom is -0.457 e. The smallest absolute Gasteiger partial charge is 0.329 e. The fourth-order valence-corrected chi connectivity index (χ4v) is 5.66. The summed E-state index contributed by atoms with van der Waals surface area (Å²) in [5.41, 5.74) is 3.06. The summed E-state index contributed by atoms with van der Waals surface area (Å²) in [7, 11) is 1.56. The highest BCUT2D eigenvalue weighted by Crippen LogP contribution is 2.27. The second-order valence-electron chi connectivity index (χ2n) is 10.4. The number of amidine groups is 1. The third-order valence-electron chi connectivity index (χ3n) is 6.97. The summed E-state index contributed by atoms with van der Waals surface area (Å²) in [5, 5.41) is 15.3. The van der Waals surface area contributed by atoms with E-state index in [1.54, 1.807) is 49.7 Å². The van der Waals surface area contributed by atoms with Gasteiger partial charge in [0.1, 0.15) is 23.4 Å². The topological polar surface area (TPSA) is 159 Å². The van der Waals surface area contributed by atoms with E-state index in [1.807, 2.05) is 0 Å². The van der Waals surface area contributed by atoms with Gasteiger partial charge in [-0.2, -0.15) is 0 Å². The van der Waals surface area contributed by atoms with Crippen molar-refractivity contribution in [2.45, 2.75) is 32.4 Å². The fraction of sp³-hybridized carbons (Fsp3) is 0.323. The maximum absolute atomic E-state index is 13.4. The summed E-state index contributed by atoms with van der Waals surface area (Å²) in [5.74, 6) is -1.45. The van der Waals surface area contributed by atoms with Gasteiger partial charge in [0.05, 0.1) is 19.2 Å². The van der Waals surface area contributed by atoms with Crippen LogP contribution in [0.25, 0.3) is 0 Å². The summed E-state index contributed by atoms with van der Waals surface area (Å²) in [6, 6.07) is 12.3. The molecule has 2 heterocycles. The Kier molecular flexibility index (Phi) is 11.2. The Balaban J connectivity index is 1.33. The Morgan fingerprint density at radius 3 is 2.38 bits per heavy atom. The Bertz CT molecular complexity index is 1530. The first-order valence-corrected chi connectivity index (χ1v) is 14.9. The van der Waals surface area contributed by atoms with Crippen LogP contribution in [0.1, 0.15) is 47.1 Å². The van der Waals surface area contributed by atoms with Crippen molar-refractivity contribution >= 4 is 40.9 Å². The van der Waals surface area contributed by atoms with Crippen LogP contribution in [0.15, 0.2) is 60.0 Å². The molecule has 14 heteroatoms. The van der Waals surface area contributed by atoms with Gasteiger partial charge in [-0.05, 0) is 67.9 Å². The fourth-order valence-electron chi connectivity index (χ4n) is 4.75. The van der Waals surface area contributed by atoms with E-state index in [-0.39, 0.29) is 30.0 Å². The molecule has 1 aromatic heterocycles. The van der Waals surface area contributed by atoms with Crippen LogP contribution in [0.4, 0.5) is 4.39 Å². The quantitative estimate of drug-likeness (QED) is 0.141. The number of ether oxygens (including phenoxy) is 2. The molecule has 1 fully saturated rings. The highest BCUT2D eigenvalue weighted by molar-refractivity contribution is 7.10. The molecule has 12 nitrogen and oxygen atoms in total. The highest BCUT2D eigenvalue weighted by atomic mass is 32.1. The van der Waals surface area contributed by atoms with Gasteiger partial charge in [0, 0.05) is 47.9 Å². The number of likely N-dealkylation sites (tertiary alicyclic amines) is 1. The van der Waals surface area contributed by atoms with Gasteiger partial charge >= 0.3 is 5.97 Å². The van der Waals surface area contributed by atoms with Crippen molar-refractivity contribution in [1.82, 2.24) is 21.0 Å². The second kappa shape index (κ2) is 15.3. The average molecular weight is 640 g/mol. The monoisotopic (exact) mass is 639 g/mol. The molecule has 4 rings (SSSR count). The molecule has 0 radical (unpaired) electrons. The molecule has 0 saturated carbocycles. The normalized spacial score (nSPS) is 16.4. The van der Waals surface area contributed by atoms with Crippen LogP contribution in [-0.4, -0.2) is 67.3 Å². The van der Waals surface area contributed by atoms with E-state index in [9.17, 15) is 23.6 Å². The molecule has 0 unspecified atom stereocenters. The molecule has 4 N–H and O–H groups in total. The number of nitrogens with zero attached hydrogens (tertiary/aromatic N) is 1. The van der Waals surface area contributed by atoms with Crippen molar-refractivity contribution in [1.29, 1.82) is 5.41 Å². The maximum atomic E-state index is 13.4. The zero-order valence-electron chi connectivity index (χ0n) is 24.9. The van der Waals surface area contributed by atoms with E-state index in [0.29, 0.717) is 42.2 Å². The van der Waals surface area contributed by atoms with Gasteiger partial charge in [-0.25, -0.2) is 9.87 Å². The molecule has 3 atom stereocenters. The minimum atomic E-state index is -0.761. The van der Waals surface area contributed by atoms with Crippen molar-refractivity contribution in [2.24, 2.45) is 5.92 Å². The number of halogens is 1. The molecule has 3 amide bonds. The third kappa shape index (κ3) is 9.09. The van der Waals surface area contributed by atoms with Gasteiger partial charge in [-0.15, -0.1) is 11.3 Å². The van der Waals surface area contributed by atoms with Crippen LogP contribution in [-0.2, 0) is 24.0 Å². The number of rotatable bonds is 11. The van der Waals surface area contributed by atoms with E-state index in [2.05, 4.69) is 21.0 Å². The molecule has 238 valence electrons. The maximum Gasteiger partial charge on any atom is 0.329 e. The van der Waals surface area contributed by atoms with Gasteiger partial charge in [0.25, 0.3) is 5.91 Å². The Hall–Kier alpha value is -4.82. The molecule has 1 aliphatic rings. The number of thiophene rings is 1. The first-order valence-electron chi connectivity index (χ1n) is 14.0. The lowest BCUT2D eigenvalue weighted by atomic mass is 10.1. The summed E-state index contributed by atoms with van der Waals surface area (Å²) in [6.45, 7) is 3.37. The SMILES string of the molecule is COC[C@H]1C[C@@H](C(=O)N[C@H](C)c2cc(C(=N)NOC(C)=O)cs2)N(C(=O)CNC(=O)c2ccc(Oc3ccc(F)cc3)cc2)C1. The molecule has 1 aliphatic heterocycles. The molecule has 0 aliphatic carbocycles. The van der Waals surface area contributed by atoms with Crippen LogP contribution in [0.3, 0.4) is 0 Å². The van der Waals surface area contributed by atoms with Crippen LogP contribution in [0, 0.1) is 17.1 Å². The standard InChI is InChI=1S/C31H34FN5O7S/c1-18(27-13-22(17-45-27)29(33)36-44-19(2)38)35-31(41)26-12-20(16-42-3)15-37(26)28(39)14-34-30(40)21-4-8-24(9-5-21)43-25-10-6-23(32)7-11-25/h4-11,13,17-18,20,26H,12,14-16H2,1-3H3,(H2,33,36)(H,34,40)(H,35,41)/t18-,20+,26+/m1/s1. The second-order valence-corrected chi connectivity index (χ2v) is 11.4. The summed E-state index contributed by atoms with van der Waals surface area (Å²) >= 11 is 1.33. The highest BCUT2D eigenvalue weighted by Gasteiger charge is 2.40. The zero-order valence-corrected chi connectivity index (χ0v) is 25.7. The lowest BCUT2D eigenvalue weighted by molar-refractivity contribution is -0.145. The lowest BCUT2D eigenvalue weighted by Crippen LogP contribution is -2.49. The third-order valence-corrected chi connectivity index (χ3v) is 8.09. The number of hydrogen-bond acceptors (Lipinski definition) is 9. The molecule has 45 heavy (non-hydrogen) atoms. The van der Waals surface area contributed by atoms with Gasteiger partial charge in [-0.1, -0.05) is 0 Å². The molecule has 0 bridgehead atoms. The average Bonchev–Trinajstić information content (AvgIpc) is 3.69. The van der Waals surface area contributed by atoms with E-state index < -0.39 is 29.9 Å². The molecule has 1 saturated heterocycles. The number of amides is 3.